The Hall–Kier alpha value is -2.66. The van der Waals surface area contributed by atoms with E-state index in [2.05, 4.69) is 21.0 Å². The van der Waals surface area contributed by atoms with Gasteiger partial charge in [0.15, 0.2) is 5.13 Å². The molecule has 24 heavy (non-hydrogen) atoms. The molecule has 0 spiro atoms. The van der Waals surface area contributed by atoms with Crippen LogP contribution in [0.5, 0.6) is 0 Å². The predicted octanol–water partition coefficient (Wildman–Crippen LogP) is 4.64. The van der Waals surface area contributed by atoms with E-state index in [1.165, 1.54) is 12.8 Å². The molecule has 1 fully saturated rings. The van der Waals surface area contributed by atoms with Crippen LogP contribution in [0.2, 0.25) is 0 Å². The largest absolute Gasteiger partial charge is 0.359 e. The number of hydrogen-bond acceptors (Lipinski definition) is 4. The van der Waals surface area contributed by atoms with Crippen molar-refractivity contribution in [2.24, 2.45) is 0 Å². The Morgan fingerprint density at radius 2 is 1.79 bits per heavy atom. The highest BCUT2D eigenvalue weighted by Gasteiger charge is 2.22. The van der Waals surface area contributed by atoms with Crippen molar-refractivity contribution >= 4 is 28.1 Å². The van der Waals surface area contributed by atoms with Crippen LogP contribution < -0.4 is 10.6 Å². The summed E-state index contributed by atoms with van der Waals surface area (Å²) in [5.41, 5.74) is 3.44. The van der Waals surface area contributed by atoms with E-state index in [4.69, 9.17) is 0 Å². The zero-order valence-corrected chi connectivity index (χ0v) is 13.8. The molecule has 4 rings (SSSR count). The van der Waals surface area contributed by atoms with Crippen molar-refractivity contribution in [3.05, 3.63) is 65.5 Å². The van der Waals surface area contributed by atoms with Crippen molar-refractivity contribution in [3.8, 4) is 11.3 Å². The van der Waals surface area contributed by atoms with E-state index in [9.17, 15) is 4.79 Å². The van der Waals surface area contributed by atoms with E-state index in [0.717, 1.165) is 22.1 Å². The zero-order valence-electron chi connectivity index (χ0n) is 13.0. The Labute approximate surface area is 144 Å². The van der Waals surface area contributed by atoms with Crippen LogP contribution in [0.1, 0.15) is 23.2 Å². The highest BCUT2D eigenvalue weighted by molar-refractivity contribution is 7.14. The fourth-order valence-corrected chi connectivity index (χ4v) is 3.19. The van der Waals surface area contributed by atoms with Crippen LogP contribution in [0.4, 0.5) is 10.8 Å². The fourth-order valence-electron chi connectivity index (χ4n) is 2.39. The molecule has 0 bridgehead atoms. The summed E-state index contributed by atoms with van der Waals surface area (Å²) in [6, 6.07) is 17.6. The SMILES string of the molecule is O=C(Nc1ccc(-c2csc(NC3CC3)n2)cc1)c1ccccc1. The Morgan fingerprint density at radius 3 is 2.50 bits per heavy atom. The van der Waals surface area contributed by atoms with Gasteiger partial charge >= 0.3 is 0 Å². The molecule has 0 saturated heterocycles. The summed E-state index contributed by atoms with van der Waals surface area (Å²) in [6.07, 6.45) is 2.48. The van der Waals surface area contributed by atoms with Gasteiger partial charge in [-0.25, -0.2) is 4.98 Å². The lowest BCUT2D eigenvalue weighted by atomic mass is 10.1. The molecule has 0 unspecified atom stereocenters. The second-order valence-corrected chi connectivity index (χ2v) is 6.71. The van der Waals surface area contributed by atoms with Gasteiger partial charge in [0, 0.05) is 28.2 Å². The molecule has 0 atom stereocenters. The third-order valence-corrected chi connectivity index (χ3v) is 4.66. The third-order valence-electron chi connectivity index (χ3n) is 3.88. The normalized spacial score (nSPS) is 13.5. The molecule has 1 saturated carbocycles. The van der Waals surface area contributed by atoms with E-state index in [-0.39, 0.29) is 5.91 Å². The lowest BCUT2D eigenvalue weighted by molar-refractivity contribution is 0.102. The fraction of sp³-hybridized carbons (Fsp3) is 0.158. The number of thiazole rings is 1. The summed E-state index contributed by atoms with van der Waals surface area (Å²) in [4.78, 5) is 16.8. The van der Waals surface area contributed by atoms with Crippen LogP contribution in [0.15, 0.2) is 60.0 Å². The molecule has 0 aliphatic heterocycles. The maximum absolute atomic E-state index is 12.2. The predicted molar refractivity (Wildman–Crippen MR) is 98.6 cm³/mol. The van der Waals surface area contributed by atoms with Crippen LogP contribution in [0.3, 0.4) is 0 Å². The van der Waals surface area contributed by atoms with Crippen molar-refractivity contribution in [2.45, 2.75) is 18.9 Å². The smallest absolute Gasteiger partial charge is 0.255 e. The third kappa shape index (κ3) is 3.46. The van der Waals surface area contributed by atoms with Gasteiger partial charge in [-0.3, -0.25) is 4.79 Å². The summed E-state index contributed by atoms with van der Waals surface area (Å²) in [5, 5.41) is 9.36. The molecule has 1 heterocycles. The number of nitrogens with one attached hydrogen (secondary N) is 2. The lowest BCUT2D eigenvalue weighted by Gasteiger charge is -2.06. The quantitative estimate of drug-likeness (QED) is 0.714. The average Bonchev–Trinajstić information content (AvgIpc) is 3.31. The molecule has 1 aromatic heterocycles. The molecular formula is C19H17N3OS. The molecule has 0 radical (unpaired) electrons. The number of anilines is 2. The summed E-state index contributed by atoms with van der Waals surface area (Å²) in [7, 11) is 0. The van der Waals surface area contributed by atoms with E-state index in [1.807, 2.05) is 42.5 Å². The molecule has 2 N–H and O–H groups in total. The molecule has 1 aliphatic rings. The highest BCUT2D eigenvalue weighted by atomic mass is 32.1. The van der Waals surface area contributed by atoms with Crippen molar-refractivity contribution in [1.82, 2.24) is 4.98 Å². The van der Waals surface area contributed by atoms with Crippen LogP contribution in [0, 0.1) is 0 Å². The molecule has 1 aliphatic carbocycles. The lowest BCUT2D eigenvalue weighted by Crippen LogP contribution is -2.11. The summed E-state index contributed by atoms with van der Waals surface area (Å²) in [6.45, 7) is 0. The topological polar surface area (TPSA) is 54.0 Å². The summed E-state index contributed by atoms with van der Waals surface area (Å²) < 4.78 is 0. The van der Waals surface area contributed by atoms with Gasteiger partial charge in [-0.15, -0.1) is 11.3 Å². The summed E-state index contributed by atoms with van der Waals surface area (Å²) >= 11 is 1.63. The maximum atomic E-state index is 12.2. The standard InChI is InChI=1S/C19H17N3OS/c23-18(14-4-2-1-3-5-14)20-15-8-6-13(7-9-15)17-12-24-19(22-17)21-16-10-11-16/h1-9,12,16H,10-11H2,(H,20,23)(H,21,22). The van der Waals surface area contributed by atoms with Crippen LogP contribution in [-0.2, 0) is 0 Å². The van der Waals surface area contributed by atoms with Gasteiger partial charge in [0.1, 0.15) is 0 Å². The van der Waals surface area contributed by atoms with Crippen LogP contribution in [0.25, 0.3) is 11.3 Å². The van der Waals surface area contributed by atoms with Gasteiger partial charge in [0.25, 0.3) is 5.91 Å². The number of benzene rings is 2. The molecule has 5 heteroatoms. The Bertz CT molecular complexity index is 839. The van der Waals surface area contributed by atoms with Gasteiger partial charge < -0.3 is 10.6 Å². The van der Waals surface area contributed by atoms with E-state index < -0.39 is 0 Å². The van der Waals surface area contributed by atoms with Crippen molar-refractivity contribution in [1.29, 1.82) is 0 Å². The van der Waals surface area contributed by atoms with E-state index in [1.54, 1.807) is 23.5 Å². The number of rotatable bonds is 5. The van der Waals surface area contributed by atoms with Gasteiger partial charge in [0.2, 0.25) is 0 Å². The van der Waals surface area contributed by atoms with Gasteiger partial charge in [0.05, 0.1) is 5.69 Å². The first-order chi connectivity index (χ1) is 11.8. The number of hydrogen-bond donors (Lipinski definition) is 2. The van der Waals surface area contributed by atoms with Crippen LogP contribution >= 0.6 is 11.3 Å². The molecular weight excluding hydrogens is 318 g/mol. The minimum absolute atomic E-state index is 0.104. The van der Waals surface area contributed by atoms with Gasteiger partial charge in [-0.05, 0) is 37.1 Å². The molecule has 120 valence electrons. The van der Waals surface area contributed by atoms with Crippen molar-refractivity contribution in [2.75, 3.05) is 10.6 Å². The molecule has 1 amide bonds. The van der Waals surface area contributed by atoms with Crippen molar-refractivity contribution < 1.29 is 4.79 Å². The summed E-state index contributed by atoms with van der Waals surface area (Å²) in [5.74, 6) is -0.104. The minimum atomic E-state index is -0.104. The van der Waals surface area contributed by atoms with Gasteiger partial charge in [-0.2, -0.15) is 0 Å². The first kappa shape index (κ1) is 14.9. The maximum Gasteiger partial charge on any atom is 0.255 e. The number of carbonyl (C=O) groups is 1. The number of amides is 1. The molecule has 3 aromatic rings. The second-order valence-electron chi connectivity index (χ2n) is 5.85. The van der Waals surface area contributed by atoms with E-state index >= 15 is 0 Å². The Kier molecular flexibility index (Phi) is 4.01. The number of carbonyl (C=O) groups excluding carboxylic acids is 1. The Balaban J connectivity index is 1.44. The number of nitrogens with zero attached hydrogens (tertiary/aromatic N) is 1. The zero-order chi connectivity index (χ0) is 16.4. The molecule has 4 nitrogen and oxygen atoms in total. The number of aromatic nitrogens is 1. The second kappa shape index (κ2) is 6.45. The monoisotopic (exact) mass is 335 g/mol. The highest BCUT2D eigenvalue weighted by Crippen LogP contribution is 2.30. The van der Waals surface area contributed by atoms with E-state index in [0.29, 0.717) is 11.6 Å². The first-order valence-electron chi connectivity index (χ1n) is 7.97. The minimum Gasteiger partial charge on any atom is -0.359 e. The van der Waals surface area contributed by atoms with Gasteiger partial charge in [-0.1, -0.05) is 30.3 Å². The van der Waals surface area contributed by atoms with Crippen molar-refractivity contribution in [3.63, 3.8) is 0 Å². The first-order valence-corrected chi connectivity index (χ1v) is 8.85. The molecule has 2 aromatic carbocycles. The Morgan fingerprint density at radius 1 is 1.04 bits per heavy atom. The average molecular weight is 335 g/mol. The van der Waals surface area contributed by atoms with Crippen LogP contribution in [-0.4, -0.2) is 16.9 Å².